The maximum Gasteiger partial charge on any atom is 0.528 e. The third kappa shape index (κ3) is 6.21. The Morgan fingerprint density at radius 3 is 2.51 bits per heavy atom. The zero-order valence-corrected chi connectivity index (χ0v) is 19.9. The van der Waals surface area contributed by atoms with Crippen LogP contribution in [0.3, 0.4) is 0 Å². The second-order valence-corrected chi connectivity index (χ2v) is 8.37. The van der Waals surface area contributed by atoms with Crippen LogP contribution in [0.5, 0.6) is 5.75 Å². The fourth-order valence-corrected chi connectivity index (χ4v) is 4.20. The fraction of sp³-hybridized carbons (Fsp3) is 0.259. The summed E-state index contributed by atoms with van der Waals surface area (Å²) in [6.07, 6.45) is -1.06. The number of nitrogens with zero attached hydrogens (tertiary/aromatic N) is 1. The highest BCUT2D eigenvalue weighted by Gasteiger charge is 2.27. The van der Waals surface area contributed by atoms with Gasteiger partial charge in [0.05, 0.1) is 19.6 Å². The number of carbonyl (C=O) groups excluding carboxylic acids is 1. The van der Waals surface area contributed by atoms with E-state index < -0.39 is 36.2 Å². The van der Waals surface area contributed by atoms with E-state index in [4.69, 9.17) is 14.3 Å². The molecule has 7 nitrogen and oxygen atoms in total. The van der Waals surface area contributed by atoms with Crippen LogP contribution in [0.4, 0.5) is 18.0 Å². The largest absolute Gasteiger partial charge is 0.528 e. The average molecular weight is 515 g/mol. The van der Waals surface area contributed by atoms with Crippen LogP contribution in [0.2, 0.25) is 0 Å². The highest BCUT2D eigenvalue weighted by molar-refractivity contribution is 5.77. The smallest absolute Gasteiger partial charge is 0.493 e. The van der Waals surface area contributed by atoms with E-state index in [1.54, 1.807) is 24.3 Å². The number of benzene rings is 3. The maximum atomic E-state index is 14.7. The molecule has 0 spiro atoms. The Labute approximate surface area is 210 Å². The van der Waals surface area contributed by atoms with E-state index in [1.807, 2.05) is 6.92 Å². The molecule has 0 saturated carbocycles. The average Bonchev–Trinajstić information content (AvgIpc) is 2.84. The van der Waals surface area contributed by atoms with Crippen molar-refractivity contribution in [1.29, 1.82) is 0 Å². The number of hydrogen-bond acceptors (Lipinski definition) is 6. The molecule has 0 atom stereocenters. The molecule has 3 aromatic rings. The van der Waals surface area contributed by atoms with Gasteiger partial charge in [-0.3, -0.25) is 4.79 Å². The van der Waals surface area contributed by atoms with Crippen LogP contribution >= 0.6 is 0 Å². The number of hydrogen-bond donors (Lipinski definition) is 1. The lowest BCUT2D eigenvalue weighted by Crippen LogP contribution is -2.34. The van der Waals surface area contributed by atoms with Gasteiger partial charge in [0.15, 0.2) is 0 Å². The second kappa shape index (κ2) is 11.3. The van der Waals surface area contributed by atoms with Crippen LogP contribution in [-0.2, 0) is 40.4 Å². The molecule has 10 heteroatoms. The zero-order valence-electron chi connectivity index (χ0n) is 19.9. The molecule has 0 aromatic heterocycles. The Morgan fingerprint density at radius 1 is 0.973 bits per heavy atom. The number of carboxylic acid groups (broad SMARTS) is 1. The van der Waals surface area contributed by atoms with E-state index in [9.17, 15) is 27.9 Å². The van der Waals surface area contributed by atoms with Crippen LogP contribution < -0.4 is 4.74 Å². The lowest BCUT2D eigenvalue weighted by atomic mass is 9.90. The van der Waals surface area contributed by atoms with E-state index in [0.717, 1.165) is 6.07 Å². The molecule has 1 aliphatic rings. The van der Waals surface area contributed by atoms with Gasteiger partial charge in [0.2, 0.25) is 0 Å². The SMILES string of the molecule is CCOc1ccc(CC(=O)O)cc1-c1ccc(F)c2c1CN(OC(=O)OCc1ccc(F)cc1F)CC2. The highest BCUT2D eigenvalue weighted by Crippen LogP contribution is 2.38. The van der Waals surface area contributed by atoms with Crippen molar-refractivity contribution in [2.24, 2.45) is 0 Å². The van der Waals surface area contributed by atoms with Crippen molar-refractivity contribution in [2.75, 3.05) is 13.2 Å². The molecule has 0 radical (unpaired) electrons. The minimum atomic E-state index is -1.09. The number of carboxylic acids is 1. The van der Waals surface area contributed by atoms with E-state index in [-0.39, 0.29) is 31.5 Å². The summed E-state index contributed by atoms with van der Waals surface area (Å²) in [5.41, 5.74) is 2.73. The van der Waals surface area contributed by atoms with Crippen LogP contribution in [0, 0.1) is 17.5 Å². The van der Waals surface area contributed by atoms with Crippen LogP contribution in [0.25, 0.3) is 11.1 Å². The minimum absolute atomic E-state index is 0.0172. The van der Waals surface area contributed by atoms with Crippen LogP contribution in [0.1, 0.15) is 29.2 Å². The number of aliphatic carboxylic acids is 1. The van der Waals surface area contributed by atoms with Gasteiger partial charge in [-0.05, 0) is 65.9 Å². The molecular formula is C27H24F3NO6. The monoisotopic (exact) mass is 515 g/mol. The third-order valence-electron chi connectivity index (χ3n) is 5.87. The lowest BCUT2D eigenvalue weighted by Gasteiger charge is -2.29. The summed E-state index contributed by atoms with van der Waals surface area (Å²) in [6.45, 7) is 1.93. The first-order chi connectivity index (χ1) is 17.7. The number of halogens is 3. The van der Waals surface area contributed by atoms with Crippen molar-refractivity contribution in [1.82, 2.24) is 5.06 Å². The van der Waals surface area contributed by atoms with E-state index in [1.165, 1.54) is 17.2 Å². The molecule has 37 heavy (non-hydrogen) atoms. The van der Waals surface area contributed by atoms with Crippen molar-refractivity contribution in [3.05, 3.63) is 88.2 Å². The topological polar surface area (TPSA) is 85.3 Å². The number of rotatable bonds is 8. The molecular weight excluding hydrogens is 491 g/mol. The normalized spacial score (nSPS) is 13.1. The highest BCUT2D eigenvalue weighted by atomic mass is 19.1. The Balaban J connectivity index is 1.56. The van der Waals surface area contributed by atoms with Crippen LogP contribution in [0.15, 0.2) is 48.5 Å². The summed E-state index contributed by atoms with van der Waals surface area (Å²) in [5, 5.41) is 10.5. The second-order valence-electron chi connectivity index (χ2n) is 8.37. The molecule has 0 bridgehead atoms. The van der Waals surface area contributed by atoms with Gasteiger partial charge >= 0.3 is 12.1 Å². The van der Waals surface area contributed by atoms with Crippen molar-refractivity contribution < 1.29 is 42.2 Å². The van der Waals surface area contributed by atoms with Gasteiger partial charge < -0.3 is 19.4 Å². The molecule has 1 heterocycles. The summed E-state index contributed by atoms with van der Waals surface area (Å²) < 4.78 is 52.3. The lowest BCUT2D eigenvalue weighted by molar-refractivity contribution is -0.139. The predicted molar refractivity (Wildman–Crippen MR) is 126 cm³/mol. The molecule has 0 aliphatic carbocycles. The van der Waals surface area contributed by atoms with Crippen molar-refractivity contribution in [3.8, 4) is 16.9 Å². The Hall–Kier alpha value is -4.05. The van der Waals surface area contributed by atoms with Crippen molar-refractivity contribution in [2.45, 2.75) is 32.9 Å². The van der Waals surface area contributed by atoms with Gasteiger partial charge in [0.25, 0.3) is 0 Å². The standard InChI is InChI=1S/C27H24F3NO6/c1-2-35-25-8-3-16(12-26(32)33)11-21(25)19-6-7-23(29)20-9-10-31(14-22(19)20)37-27(34)36-15-17-4-5-18(28)13-24(17)30/h3-8,11,13H,2,9-10,12,14-15H2,1H3,(H,32,33). The van der Waals surface area contributed by atoms with Gasteiger partial charge in [-0.25, -0.2) is 18.0 Å². The first-order valence-electron chi connectivity index (χ1n) is 11.6. The maximum absolute atomic E-state index is 14.7. The molecule has 1 aliphatic heterocycles. The first-order valence-corrected chi connectivity index (χ1v) is 11.6. The summed E-state index contributed by atoms with van der Waals surface area (Å²) in [4.78, 5) is 28.8. The molecule has 0 unspecified atom stereocenters. The number of carbonyl (C=O) groups is 2. The zero-order chi connectivity index (χ0) is 26.5. The fourth-order valence-electron chi connectivity index (χ4n) is 4.20. The van der Waals surface area contributed by atoms with Gasteiger partial charge in [0.1, 0.15) is 29.8 Å². The van der Waals surface area contributed by atoms with Crippen LogP contribution in [-0.4, -0.2) is 35.4 Å². The number of hydroxylamine groups is 2. The molecule has 4 rings (SSSR count). The van der Waals surface area contributed by atoms with E-state index >= 15 is 0 Å². The summed E-state index contributed by atoms with van der Waals surface area (Å²) in [5.74, 6) is -2.50. The quantitative estimate of drug-likeness (QED) is 0.401. The molecule has 0 saturated heterocycles. The Morgan fingerprint density at radius 2 is 1.78 bits per heavy atom. The molecule has 3 aromatic carbocycles. The van der Waals surface area contributed by atoms with Crippen molar-refractivity contribution >= 4 is 12.1 Å². The van der Waals surface area contributed by atoms with Crippen molar-refractivity contribution in [3.63, 3.8) is 0 Å². The number of fused-ring (bicyclic) bond motifs is 1. The van der Waals surface area contributed by atoms with E-state index in [2.05, 4.69) is 0 Å². The molecule has 194 valence electrons. The molecule has 0 amide bonds. The van der Waals surface area contributed by atoms with Gasteiger partial charge in [-0.1, -0.05) is 12.1 Å². The third-order valence-corrected chi connectivity index (χ3v) is 5.87. The minimum Gasteiger partial charge on any atom is -0.493 e. The Kier molecular flexibility index (Phi) is 7.98. The van der Waals surface area contributed by atoms with Gasteiger partial charge in [0, 0.05) is 23.7 Å². The summed E-state index contributed by atoms with van der Waals surface area (Å²) in [7, 11) is 0. The van der Waals surface area contributed by atoms with E-state index in [0.29, 0.717) is 46.2 Å². The summed E-state index contributed by atoms with van der Waals surface area (Å²) in [6, 6.07) is 10.8. The molecule has 1 N–H and O–H groups in total. The summed E-state index contributed by atoms with van der Waals surface area (Å²) >= 11 is 0. The first kappa shape index (κ1) is 26.0. The van der Waals surface area contributed by atoms with Gasteiger partial charge in [-0.2, -0.15) is 0 Å². The Bertz CT molecular complexity index is 1330. The van der Waals surface area contributed by atoms with Gasteiger partial charge in [-0.15, -0.1) is 5.06 Å². The number of ether oxygens (including phenoxy) is 2. The molecule has 0 fully saturated rings. The predicted octanol–water partition coefficient (Wildman–Crippen LogP) is 5.42.